The third-order valence-electron chi connectivity index (χ3n) is 1.67. The number of benzene rings is 1. The Morgan fingerprint density at radius 3 is 2.47 bits per heavy atom. The summed E-state index contributed by atoms with van der Waals surface area (Å²) in [6.07, 6.45) is 2.96. The summed E-state index contributed by atoms with van der Waals surface area (Å²) in [5.74, 6) is 0.170. The summed E-state index contributed by atoms with van der Waals surface area (Å²) in [5, 5.41) is 2.59. The minimum atomic E-state index is -0.479. The number of anilines is 1. The SMILES string of the molecule is O=C(N=C1N=CC=N1)Nc1ccccc1. The normalized spacial score (nSPS) is 12.9. The standard InChI is InChI=1S/C10H8N4O/c15-10(14-9-11-6-7-12-9)13-8-4-2-1-3-5-8/h1-7H,(H,13,15). The van der Waals surface area contributed by atoms with Crippen molar-refractivity contribution in [1.82, 2.24) is 0 Å². The summed E-state index contributed by atoms with van der Waals surface area (Å²) in [6.45, 7) is 0. The molecule has 0 aliphatic carbocycles. The van der Waals surface area contributed by atoms with Crippen molar-refractivity contribution in [2.24, 2.45) is 15.0 Å². The van der Waals surface area contributed by atoms with Crippen LogP contribution < -0.4 is 5.32 Å². The van der Waals surface area contributed by atoms with Gasteiger partial charge in [-0.3, -0.25) is 0 Å². The van der Waals surface area contributed by atoms with E-state index in [-0.39, 0.29) is 5.96 Å². The van der Waals surface area contributed by atoms with Crippen molar-refractivity contribution in [1.29, 1.82) is 0 Å². The average molecular weight is 200 g/mol. The van der Waals surface area contributed by atoms with Crippen molar-refractivity contribution in [3.8, 4) is 0 Å². The van der Waals surface area contributed by atoms with Crippen LogP contribution in [0.3, 0.4) is 0 Å². The van der Waals surface area contributed by atoms with Crippen LogP contribution in [0.15, 0.2) is 45.3 Å². The first-order chi connectivity index (χ1) is 7.34. The molecule has 0 saturated heterocycles. The number of para-hydroxylation sites is 1. The van der Waals surface area contributed by atoms with Crippen LogP contribution in [-0.2, 0) is 0 Å². The van der Waals surface area contributed by atoms with Crippen molar-refractivity contribution in [2.45, 2.75) is 0 Å². The number of hydrogen-bond acceptors (Lipinski definition) is 1. The van der Waals surface area contributed by atoms with Gasteiger partial charge in [0.25, 0.3) is 5.96 Å². The minimum Gasteiger partial charge on any atom is -0.306 e. The first-order valence-electron chi connectivity index (χ1n) is 4.36. The molecule has 1 aromatic rings. The maximum Gasteiger partial charge on any atom is 0.348 e. The highest BCUT2D eigenvalue weighted by Gasteiger charge is 2.02. The van der Waals surface area contributed by atoms with Crippen LogP contribution in [0.5, 0.6) is 0 Å². The number of carbonyl (C=O) groups excluding carboxylic acids is 1. The van der Waals surface area contributed by atoms with Crippen LogP contribution in [0.4, 0.5) is 10.5 Å². The van der Waals surface area contributed by atoms with Crippen LogP contribution in [0.2, 0.25) is 0 Å². The first-order valence-corrected chi connectivity index (χ1v) is 4.36. The number of hydrogen-bond donors (Lipinski definition) is 1. The third kappa shape index (κ3) is 2.57. The van der Waals surface area contributed by atoms with Crippen LogP contribution in [0.25, 0.3) is 0 Å². The van der Waals surface area contributed by atoms with Crippen molar-refractivity contribution in [2.75, 3.05) is 5.32 Å². The monoisotopic (exact) mass is 200 g/mol. The van der Waals surface area contributed by atoms with E-state index in [2.05, 4.69) is 20.3 Å². The van der Waals surface area contributed by atoms with Gasteiger partial charge in [0.2, 0.25) is 0 Å². The number of guanidine groups is 1. The van der Waals surface area contributed by atoms with Gasteiger partial charge in [0.05, 0.1) is 0 Å². The van der Waals surface area contributed by atoms with E-state index in [0.29, 0.717) is 5.69 Å². The molecule has 0 unspecified atom stereocenters. The number of urea groups is 1. The van der Waals surface area contributed by atoms with Gasteiger partial charge >= 0.3 is 6.03 Å². The predicted molar refractivity (Wildman–Crippen MR) is 59.9 cm³/mol. The molecule has 1 aliphatic rings. The lowest BCUT2D eigenvalue weighted by molar-refractivity contribution is 0.259. The van der Waals surface area contributed by atoms with E-state index in [4.69, 9.17) is 0 Å². The van der Waals surface area contributed by atoms with Crippen LogP contribution in [0.1, 0.15) is 0 Å². The fraction of sp³-hybridized carbons (Fsp3) is 0. The predicted octanol–water partition coefficient (Wildman–Crippen LogP) is 1.73. The molecule has 1 N–H and O–H groups in total. The Morgan fingerprint density at radius 2 is 1.80 bits per heavy atom. The summed E-state index contributed by atoms with van der Waals surface area (Å²) >= 11 is 0. The highest BCUT2D eigenvalue weighted by Crippen LogP contribution is 2.05. The fourth-order valence-corrected chi connectivity index (χ4v) is 1.05. The molecule has 0 saturated carbocycles. The molecule has 2 amide bonds. The van der Waals surface area contributed by atoms with Gasteiger partial charge in [-0.05, 0) is 12.1 Å². The largest absolute Gasteiger partial charge is 0.348 e. The third-order valence-corrected chi connectivity index (χ3v) is 1.67. The van der Waals surface area contributed by atoms with Crippen molar-refractivity contribution >= 4 is 30.1 Å². The Hall–Kier alpha value is -2.30. The van der Waals surface area contributed by atoms with E-state index in [0.717, 1.165) is 0 Å². The van der Waals surface area contributed by atoms with Gasteiger partial charge in [-0.1, -0.05) is 18.2 Å². The van der Waals surface area contributed by atoms with Gasteiger partial charge in [0.1, 0.15) is 0 Å². The summed E-state index contributed by atoms with van der Waals surface area (Å²) in [4.78, 5) is 22.5. The summed E-state index contributed by atoms with van der Waals surface area (Å²) in [6, 6.07) is 8.60. The number of amides is 2. The fourth-order valence-electron chi connectivity index (χ4n) is 1.05. The number of aliphatic imine (C=N–C) groups is 3. The van der Waals surface area contributed by atoms with Gasteiger partial charge in [-0.15, -0.1) is 0 Å². The van der Waals surface area contributed by atoms with Crippen LogP contribution in [-0.4, -0.2) is 24.4 Å². The second-order valence-electron chi connectivity index (χ2n) is 2.76. The topological polar surface area (TPSA) is 66.2 Å². The molecule has 1 aromatic carbocycles. The number of rotatable bonds is 1. The second kappa shape index (κ2) is 4.28. The molecule has 2 rings (SSSR count). The van der Waals surface area contributed by atoms with Crippen LogP contribution in [0, 0.1) is 0 Å². The molecular formula is C10H8N4O. The lowest BCUT2D eigenvalue weighted by Gasteiger charge is -1.99. The maximum absolute atomic E-state index is 11.3. The molecule has 0 atom stereocenters. The Bertz CT molecular complexity index is 434. The van der Waals surface area contributed by atoms with E-state index in [9.17, 15) is 4.79 Å². The zero-order chi connectivity index (χ0) is 10.5. The van der Waals surface area contributed by atoms with Gasteiger partial charge in [0.15, 0.2) is 0 Å². The highest BCUT2D eigenvalue weighted by molar-refractivity contribution is 6.27. The number of carbonyl (C=O) groups is 1. The molecule has 74 valence electrons. The molecule has 1 heterocycles. The zero-order valence-corrected chi connectivity index (χ0v) is 7.79. The zero-order valence-electron chi connectivity index (χ0n) is 7.79. The molecule has 0 aromatic heterocycles. The number of nitrogens with one attached hydrogen (secondary N) is 1. The smallest absolute Gasteiger partial charge is 0.306 e. The molecule has 0 bridgehead atoms. The molecule has 5 heteroatoms. The summed E-state index contributed by atoms with van der Waals surface area (Å²) < 4.78 is 0. The molecule has 0 spiro atoms. The van der Waals surface area contributed by atoms with E-state index in [1.54, 1.807) is 12.1 Å². The Kier molecular flexibility index (Phi) is 2.64. The van der Waals surface area contributed by atoms with Crippen molar-refractivity contribution in [3.63, 3.8) is 0 Å². The highest BCUT2D eigenvalue weighted by atomic mass is 16.2. The van der Waals surface area contributed by atoms with Crippen LogP contribution >= 0.6 is 0 Å². The molecule has 15 heavy (non-hydrogen) atoms. The molecule has 1 aliphatic heterocycles. The molecule has 0 fully saturated rings. The summed E-state index contributed by atoms with van der Waals surface area (Å²) in [5.41, 5.74) is 0.692. The Morgan fingerprint density at radius 1 is 1.13 bits per heavy atom. The van der Waals surface area contributed by atoms with Gasteiger partial charge in [-0.25, -0.2) is 14.8 Å². The maximum atomic E-state index is 11.3. The second-order valence-corrected chi connectivity index (χ2v) is 2.76. The number of nitrogens with zero attached hydrogens (tertiary/aromatic N) is 3. The van der Waals surface area contributed by atoms with E-state index >= 15 is 0 Å². The van der Waals surface area contributed by atoms with E-state index < -0.39 is 6.03 Å². The van der Waals surface area contributed by atoms with Gasteiger partial charge < -0.3 is 5.32 Å². The lowest BCUT2D eigenvalue weighted by Crippen LogP contribution is -2.07. The Balaban J connectivity index is 2.02. The molecule has 0 radical (unpaired) electrons. The first kappa shape index (κ1) is 9.26. The molecule has 5 nitrogen and oxygen atoms in total. The summed E-state index contributed by atoms with van der Waals surface area (Å²) in [7, 11) is 0. The van der Waals surface area contributed by atoms with E-state index in [1.165, 1.54) is 12.4 Å². The van der Waals surface area contributed by atoms with Gasteiger partial charge in [0, 0.05) is 18.1 Å². The van der Waals surface area contributed by atoms with Crippen molar-refractivity contribution in [3.05, 3.63) is 30.3 Å². The Labute approximate surface area is 86.3 Å². The molecular weight excluding hydrogens is 192 g/mol. The van der Waals surface area contributed by atoms with E-state index in [1.807, 2.05) is 18.2 Å². The lowest BCUT2D eigenvalue weighted by atomic mass is 10.3. The quantitative estimate of drug-likeness (QED) is 0.737. The van der Waals surface area contributed by atoms with Gasteiger partial charge in [-0.2, -0.15) is 4.99 Å². The average Bonchev–Trinajstić information content (AvgIpc) is 2.71. The van der Waals surface area contributed by atoms with Crippen molar-refractivity contribution < 1.29 is 4.79 Å². The minimum absolute atomic E-state index is 0.170.